The zero-order chi connectivity index (χ0) is 35.9. The molecular weight excluding hydrogens is 620 g/mol. The van der Waals surface area contributed by atoms with Gasteiger partial charge in [0, 0.05) is 5.57 Å². The maximum atomic E-state index is 12.1. The normalized spacial score (nSPS) is 21.3. The van der Waals surface area contributed by atoms with Crippen LogP contribution in [0.2, 0.25) is 0 Å². The van der Waals surface area contributed by atoms with Gasteiger partial charge in [0.05, 0.1) is 25.4 Å². The van der Waals surface area contributed by atoms with Crippen molar-refractivity contribution >= 4 is 11.9 Å². The molecule has 5 heteroatoms. The number of benzene rings is 2. The van der Waals surface area contributed by atoms with Crippen molar-refractivity contribution in [3.05, 3.63) is 83.5 Å². The van der Waals surface area contributed by atoms with Gasteiger partial charge >= 0.3 is 11.9 Å². The van der Waals surface area contributed by atoms with Crippen LogP contribution in [0, 0.1) is 23.7 Å². The van der Waals surface area contributed by atoms with E-state index in [2.05, 4.69) is 69.5 Å². The second kappa shape index (κ2) is 20.6. The van der Waals surface area contributed by atoms with E-state index in [-0.39, 0.29) is 24.1 Å². The Morgan fingerprint density at radius 3 is 2.04 bits per heavy atom. The second-order valence-electron chi connectivity index (χ2n) is 15.3. The summed E-state index contributed by atoms with van der Waals surface area (Å²) in [5, 5.41) is 9.14. The minimum Gasteiger partial charge on any atom is -0.462 e. The van der Waals surface area contributed by atoms with Crippen LogP contribution >= 0.6 is 0 Å². The Balaban J connectivity index is 1.20. The summed E-state index contributed by atoms with van der Waals surface area (Å²) in [6.45, 7) is 13.6. The Morgan fingerprint density at radius 2 is 1.44 bits per heavy atom. The van der Waals surface area contributed by atoms with Crippen LogP contribution < -0.4 is 0 Å². The lowest BCUT2D eigenvalue weighted by Gasteiger charge is -2.35. The van der Waals surface area contributed by atoms with Crippen molar-refractivity contribution in [2.24, 2.45) is 23.7 Å². The average molecular weight is 685 g/mol. The average Bonchev–Trinajstić information content (AvgIpc) is 3.15. The van der Waals surface area contributed by atoms with Crippen LogP contribution in [0.15, 0.2) is 66.8 Å². The molecule has 4 rings (SSSR count). The van der Waals surface area contributed by atoms with Gasteiger partial charge in [0.2, 0.25) is 0 Å². The highest BCUT2D eigenvalue weighted by molar-refractivity contribution is 5.88. The molecule has 2 aliphatic carbocycles. The summed E-state index contributed by atoms with van der Waals surface area (Å²) >= 11 is 0. The third-order valence-electron chi connectivity index (χ3n) is 11.7. The number of esters is 2. The number of carbonyl (C=O) groups excluding carboxylic acids is 2. The summed E-state index contributed by atoms with van der Waals surface area (Å²) in [5.74, 6) is 1.91. The number of rotatable bonds is 19. The van der Waals surface area contributed by atoms with Crippen molar-refractivity contribution < 1.29 is 24.2 Å². The highest BCUT2D eigenvalue weighted by Gasteiger charge is 2.30. The lowest BCUT2D eigenvalue weighted by molar-refractivity contribution is -0.144. The molecule has 5 nitrogen and oxygen atoms in total. The number of unbranched alkanes of at least 4 members (excludes halogenated alkanes) is 2. The molecule has 50 heavy (non-hydrogen) atoms. The van der Waals surface area contributed by atoms with Crippen LogP contribution in [-0.4, -0.2) is 36.9 Å². The quantitative estimate of drug-likeness (QED) is 0.0906. The lowest BCUT2D eigenvalue weighted by Crippen LogP contribution is -2.28. The van der Waals surface area contributed by atoms with Gasteiger partial charge in [-0.3, -0.25) is 0 Å². The number of aliphatic hydroxyl groups excluding tert-OH is 1. The largest absolute Gasteiger partial charge is 0.462 e. The first-order chi connectivity index (χ1) is 24.2. The Hall–Kier alpha value is -3.18. The van der Waals surface area contributed by atoms with Gasteiger partial charge in [-0.15, -0.1) is 0 Å². The van der Waals surface area contributed by atoms with Gasteiger partial charge in [-0.2, -0.15) is 0 Å². The van der Waals surface area contributed by atoms with Crippen LogP contribution in [0.25, 0.3) is 11.1 Å². The first-order valence-corrected chi connectivity index (χ1v) is 19.7. The molecule has 2 aromatic rings. The van der Waals surface area contributed by atoms with Crippen molar-refractivity contribution in [3.63, 3.8) is 0 Å². The maximum Gasteiger partial charge on any atom is 0.335 e. The van der Waals surface area contributed by atoms with Gasteiger partial charge in [-0.1, -0.05) is 108 Å². The first-order valence-electron chi connectivity index (χ1n) is 19.7. The van der Waals surface area contributed by atoms with Crippen LogP contribution in [-0.2, 0) is 31.9 Å². The molecule has 1 atom stereocenters. The van der Waals surface area contributed by atoms with Gasteiger partial charge in [-0.25, -0.2) is 9.59 Å². The van der Waals surface area contributed by atoms with Crippen molar-refractivity contribution in [2.45, 2.75) is 129 Å². The van der Waals surface area contributed by atoms with E-state index in [0.717, 1.165) is 31.1 Å². The summed E-state index contributed by atoms with van der Waals surface area (Å²) < 4.78 is 10.9. The highest BCUT2D eigenvalue weighted by atomic mass is 16.5. The van der Waals surface area contributed by atoms with Gasteiger partial charge in [0.1, 0.15) is 0 Å². The number of aryl methyl sites for hydroxylation is 2. The molecule has 2 aromatic carbocycles. The van der Waals surface area contributed by atoms with Crippen molar-refractivity contribution in [3.8, 4) is 11.1 Å². The zero-order valence-electron chi connectivity index (χ0n) is 31.4. The Morgan fingerprint density at radius 1 is 0.800 bits per heavy atom. The van der Waals surface area contributed by atoms with E-state index in [0.29, 0.717) is 30.4 Å². The van der Waals surface area contributed by atoms with E-state index in [9.17, 15) is 9.59 Å². The van der Waals surface area contributed by atoms with Gasteiger partial charge in [-0.05, 0) is 129 Å². The summed E-state index contributed by atoms with van der Waals surface area (Å²) in [6.07, 6.45) is 19.3. The van der Waals surface area contributed by atoms with Gasteiger partial charge in [0.15, 0.2) is 0 Å². The van der Waals surface area contributed by atoms with Crippen molar-refractivity contribution in [1.29, 1.82) is 0 Å². The number of carbonyl (C=O) groups is 2. The molecule has 1 N–H and O–H groups in total. The molecule has 0 aromatic heterocycles. The monoisotopic (exact) mass is 684 g/mol. The predicted octanol–water partition coefficient (Wildman–Crippen LogP) is 10.7. The van der Waals surface area contributed by atoms with E-state index in [1.807, 2.05) is 0 Å². The van der Waals surface area contributed by atoms with Crippen LogP contribution in [0.5, 0.6) is 0 Å². The molecule has 0 aliphatic heterocycles. The van der Waals surface area contributed by atoms with Gasteiger partial charge < -0.3 is 14.6 Å². The van der Waals surface area contributed by atoms with Crippen molar-refractivity contribution in [2.75, 3.05) is 19.8 Å². The molecule has 274 valence electrons. The Kier molecular flexibility index (Phi) is 16.3. The van der Waals surface area contributed by atoms with E-state index >= 15 is 0 Å². The van der Waals surface area contributed by atoms with Crippen LogP contribution in [0.1, 0.15) is 133 Å². The molecule has 2 fully saturated rings. The van der Waals surface area contributed by atoms with E-state index in [4.69, 9.17) is 14.6 Å². The molecule has 2 aliphatic rings. The topological polar surface area (TPSA) is 72.8 Å². The second-order valence-corrected chi connectivity index (χ2v) is 15.3. The van der Waals surface area contributed by atoms with Crippen LogP contribution in [0.3, 0.4) is 0 Å². The molecule has 0 amide bonds. The Bertz CT molecular complexity index is 1370. The highest BCUT2D eigenvalue weighted by Crippen LogP contribution is 2.41. The minimum absolute atomic E-state index is 0.0541. The summed E-state index contributed by atoms with van der Waals surface area (Å²) in [4.78, 5) is 24.1. The summed E-state index contributed by atoms with van der Waals surface area (Å²) in [5.41, 5.74) is 7.66. The molecule has 2 saturated carbocycles. The standard InChI is InChI=1S/C45H64O5/c1-6-8-9-10-37-25-26-42(29-36(37)7-2)40-23-21-39(22-24-40)38-17-13-34(14-18-38)11-12-35-15-19-41(20-16-35)43(31-50-44(47)32(3)4)27-28-49-45(48)33(5)30-46/h21-26,29,34-35,38,41,43,46H,3,5-20,27-28,30-31H2,1-2,4H3. The molecule has 0 saturated heterocycles. The fourth-order valence-electron chi connectivity index (χ4n) is 8.33. The molecular formula is C45H64O5. The molecule has 0 spiro atoms. The third kappa shape index (κ3) is 12.0. The number of aliphatic hydroxyl groups is 1. The maximum absolute atomic E-state index is 12.1. The fourth-order valence-corrected chi connectivity index (χ4v) is 8.33. The molecule has 1 unspecified atom stereocenters. The molecule has 0 bridgehead atoms. The van der Waals surface area contributed by atoms with Crippen molar-refractivity contribution in [1.82, 2.24) is 0 Å². The number of hydrogen-bond acceptors (Lipinski definition) is 5. The smallest absolute Gasteiger partial charge is 0.335 e. The predicted molar refractivity (Wildman–Crippen MR) is 205 cm³/mol. The van der Waals surface area contributed by atoms with E-state index < -0.39 is 12.6 Å². The summed E-state index contributed by atoms with van der Waals surface area (Å²) in [6, 6.07) is 16.6. The lowest BCUT2D eigenvalue weighted by atomic mass is 9.72. The van der Waals surface area contributed by atoms with Gasteiger partial charge in [0.25, 0.3) is 0 Å². The third-order valence-corrected chi connectivity index (χ3v) is 11.7. The fraction of sp³-hybridized carbons (Fsp3) is 0.600. The summed E-state index contributed by atoms with van der Waals surface area (Å²) in [7, 11) is 0. The minimum atomic E-state index is -0.569. The zero-order valence-corrected chi connectivity index (χ0v) is 31.4. The SMILES string of the molecule is C=C(C)C(=O)OCC(CCOC(=O)C(=C)CO)C1CCC(CCC2CCC(c3ccc(-c4ccc(CCCCC)c(CC)c4)cc3)CC2)CC1. The molecule has 0 heterocycles. The molecule has 0 radical (unpaired) electrons. The number of hydrogen-bond donors (Lipinski definition) is 1. The van der Waals surface area contributed by atoms with Crippen LogP contribution in [0.4, 0.5) is 0 Å². The number of ether oxygens (including phenoxy) is 2. The first kappa shape index (κ1) is 39.6. The van der Waals surface area contributed by atoms with E-state index in [1.54, 1.807) is 6.92 Å². The van der Waals surface area contributed by atoms with E-state index in [1.165, 1.54) is 105 Å². The Labute approximate surface area is 302 Å².